The van der Waals surface area contributed by atoms with Crippen molar-refractivity contribution < 1.29 is 4.42 Å². The number of aryl methyl sites for hydroxylation is 1. The van der Waals surface area contributed by atoms with Crippen LogP contribution in [0.1, 0.15) is 32.4 Å². The molecule has 0 aromatic carbocycles. The molecule has 108 valence electrons. The van der Waals surface area contributed by atoms with Crippen molar-refractivity contribution in [1.82, 2.24) is 9.97 Å². The summed E-state index contributed by atoms with van der Waals surface area (Å²) in [6.45, 7) is 5.15. The molecule has 2 aromatic heterocycles. The normalized spacial score (nSPS) is 12.1. The molecule has 0 aliphatic rings. The van der Waals surface area contributed by atoms with Crippen molar-refractivity contribution in [3.63, 3.8) is 0 Å². The third-order valence-corrected chi connectivity index (χ3v) is 2.99. The molecule has 5 heteroatoms. The number of nitrogens with zero attached hydrogens (tertiary/aromatic N) is 2. The average Bonchev–Trinajstić information content (AvgIpc) is 2.97. The number of rotatable bonds is 8. The van der Waals surface area contributed by atoms with Crippen LogP contribution in [0.4, 0.5) is 11.8 Å². The molecule has 1 unspecified atom stereocenters. The summed E-state index contributed by atoms with van der Waals surface area (Å²) in [5.41, 5.74) is 0. The number of aromatic nitrogens is 2. The fraction of sp³-hybridized carbons (Fsp3) is 0.467. The molecule has 0 saturated carbocycles. The van der Waals surface area contributed by atoms with Gasteiger partial charge in [0.1, 0.15) is 11.6 Å². The lowest BCUT2D eigenvalue weighted by Crippen LogP contribution is -2.17. The Kier molecular flexibility index (Phi) is 5.41. The fourth-order valence-electron chi connectivity index (χ4n) is 1.90. The second kappa shape index (κ2) is 7.53. The topological polar surface area (TPSA) is 63.0 Å². The minimum atomic E-state index is 0.328. The number of hydrogen-bond donors (Lipinski definition) is 2. The van der Waals surface area contributed by atoms with Crippen molar-refractivity contribution in [2.75, 3.05) is 17.2 Å². The van der Waals surface area contributed by atoms with Crippen LogP contribution < -0.4 is 10.6 Å². The highest BCUT2D eigenvalue weighted by atomic mass is 16.3. The van der Waals surface area contributed by atoms with E-state index in [1.807, 2.05) is 18.2 Å². The predicted octanol–water partition coefficient (Wildman–Crippen LogP) is 3.32. The van der Waals surface area contributed by atoms with E-state index < -0.39 is 0 Å². The van der Waals surface area contributed by atoms with Gasteiger partial charge in [0, 0.05) is 25.2 Å². The van der Waals surface area contributed by atoms with Crippen molar-refractivity contribution in [2.24, 2.45) is 0 Å². The van der Waals surface area contributed by atoms with Crippen LogP contribution >= 0.6 is 0 Å². The summed E-state index contributed by atoms with van der Waals surface area (Å²) >= 11 is 0. The third-order valence-electron chi connectivity index (χ3n) is 2.99. The predicted molar refractivity (Wildman–Crippen MR) is 80.9 cm³/mol. The van der Waals surface area contributed by atoms with Gasteiger partial charge in [-0.2, -0.15) is 4.98 Å². The van der Waals surface area contributed by atoms with Crippen LogP contribution in [0.5, 0.6) is 0 Å². The van der Waals surface area contributed by atoms with Gasteiger partial charge in [-0.25, -0.2) is 4.98 Å². The molecule has 0 amide bonds. The first-order valence-electron chi connectivity index (χ1n) is 7.13. The molecule has 0 fully saturated rings. The van der Waals surface area contributed by atoms with Gasteiger partial charge >= 0.3 is 0 Å². The monoisotopic (exact) mass is 274 g/mol. The van der Waals surface area contributed by atoms with Crippen LogP contribution in [0.15, 0.2) is 35.1 Å². The fourth-order valence-corrected chi connectivity index (χ4v) is 1.90. The summed E-state index contributed by atoms with van der Waals surface area (Å²) < 4.78 is 5.33. The van der Waals surface area contributed by atoms with E-state index in [0.717, 1.165) is 37.4 Å². The number of hydrogen-bond acceptors (Lipinski definition) is 5. The molecule has 2 heterocycles. The van der Waals surface area contributed by atoms with Crippen LogP contribution in [0, 0.1) is 0 Å². The summed E-state index contributed by atoms with van der Waals surface area (Å²) in [6, 6.07) is 6.14. The first-order valence-corrected chi connectivity index (χ1v) is 7.13. The maximum absolute atomic E-state index is 5.33. The van der Waals surface area contributed by atoms with Gasteiger partial charge in [0.2, 0.25) is 5.95 Å². The molecule has 0 aliphatic carbocycles. The lowest BCUT2D eigenvalue weighted by atomic mass is 10.1. The van der Waals surface area contributed by atoms with Crippen LogP contribution in [0.2, 0.25) is 0 Å². The van der Waals surface area contributed by atoms with Crippen LogP contribution in [-0.4, -0.2) is 22.6 Å². The largest absolute Gasteiger partial charge is 0.469 e. The van der Waals surface area contributed by atoms with E-state index in [2.05, 4.69) is 34.4 Å². The Balaban J connectivity index is 1.82. The Morgan fingerprint density at radius 1 is 1.35 bits per heavy atom. The minimum absolute atomic E-state index is 0.328. The van der Waals surface area contributed by atoms with Gasteiger partial charge < -0.3 is 15.1 Å². The second-order valence-corrected chi connectivity index (χ2v) is 4.86. The molecule has 0 radical (unpaired) electrons. The first-order chi connectivity index (χ1) is 9.78. The SMILES string of the molecule is CCCNc1nccc(NC(C)CCc2ccco2)n1. The van der Waals surface area contributed by atoms with Crippen molar-refractivity contribution in [3.05, 3.63) is 36.4 Å². The number of nitrogens with one attached hydrogen (secondary N) is 2. The molecule has 2 aromatic rings. The molecule has 0 spiro atoms. The lowest BCUT2D eigenvalue weighted by Gasteiger charge is -2.14. The zero-order chi connectivity index (χ0) is 14.2. The van der Waals surface area contributed by atoms with Gasteiger partial charge in [-0.05, 0) is 38.0 Å². The Labute approximate surface area is 119 Å². The summed E-state index contributed by atoms with van der Waals surface area (Å²) in [5, 5.41) is 6.57. The van der Waals surface area contributed by atoms with Gasteiger partial charge in [-0.15, -0.1) is 0 Å². The molecule has 5 nitrogen and oxygen atoms in total. The highest BCUT2D eigenvalue weighted by molar-refractivity contribution is 5.40. The highest BCUT2D eigenvalue weighted by Crippen LogP contribution is 2.11. The van der Waals surface area contributed by atoms with Crippen LogP contribution in [-0.2, 0) is 6.42 Å². The van der Waals surface area contributed by atoms with Crippen LogP contribution in [0.3, 0.4) is 0 Å². The molecular weight excluding hydrogens is 252 g/mol. The van der Waals surface area contributed by atoms with Gasteiger partial charge in [-0.3, -0.25) is 0 Å². The molecular formula is C15H22N4O. The zero-order valence-electron chi connectivity index (χ0n) is 12.1. The molecule has 0 aliphatic heterocycles. The zero-order valence-corrected chi connectivity index (χ0v) is 12.1. The van der Waals surface area contributed by atoms with Gasteiger partial charge in [-0.1, -0.05) is 6.92 Å². The molecule has 0 bridgehead atoms. The third kappa shape index (κ3) is 4.57. The van der Waals surface area contributed by atoms with Crippen molar-refractivity contribution >= 4 is 11.8 Å². The van der Waals surface area contributed by atoms with E-state index in [1.54, 1.807) is 12.5 Å². The van der Waals surface area contributed by atoms with E-state index in [9.17, 15) is 0 Å². The molecule has 2 N–H and O–H groups in total. The van der Waals surface area contributed by atoms with E-state index >= 15 is 0 Å². The quantitative estimate of drug-likeness (QED) is 0.773. The van der Waals surface area contributed by atoms with Gasteiger partial charge in [0.15, 0.2) is 0 Å². The summed E-state index contributed by atoms with van der Waals surface area (Å²) in [6.07, 6.45) is 6.46. The molecule has 2 rings (SSSR count). The molecule has 1 atom stereocenters. The minimum Gasteiger partial charge on any atom is -0.469 e. The molecule has 0 saturated heterocycles. The van der Waals surface area contributed by atoms with E-state index in [-0.39, 0.29) is 0 Å². The number of furan rings is 1. The first kappa shape index (κ1) is 14.4. The van der Waals surface area contributed by atoms with Crippen LogP contribution in [0.25, 0.3) is 0 Å². The van der Waals surface area contributed by atoms with Crippen molar-refractivity contribution in [3.8, 4) is 0 Å². The Bertz CT molecular complexity index is 498. The Morgan fingerprint density at radius 3 is 3.00 bits per heavy atom. The Morgan fingerprint density at radius 2 is 2.25 bits per heavy atom. The van der Waals surface area contributed by atoms with Gasteiger partial charge in [0.05, 0.1) is 6.26 Å². The van der Waals surface area contributed by atoms with Crippen molar-refractivity contribution in [2.45, 2.75) is 39.2 Å². The summed E-state index contributed by atoms with van der Waals surface area (Å²) in [5.74, 6) is 2.55. The standard InChI is InChI=1S/C15H22N4O/c1-3-9-16-15-17-10-8-14(19-15)18-12(2)6-7-13-5-4-11-20-13/h4-5,8,10-12H,3,6-7,9H2,1-2H3,(H2,16,17,18,19). The maximum Gasteiger partial charge on any atom is 0.224 e. The summed E-state index contributed by atoms with van der Waals surface area (Å²) in [7, 11) is 0. The smallest absolute Gasteiger partial charge is 0.224 e. The highest BCUT2D eigenvalue weighted by Gasteiger charge is 2.06. The molecule has 20 heavy (non-hydrogen) atoms. The number of anilines is 2. The Hall–Kier alpha value is -2.04. The van der Waals surface area contributed by atoms with Gasteiger partial charge in [0.25, 0.3) is 0 Å². The summed E-state index contributed by atoms with van der Waals surface area (Å²) in [4.78, 5) is 8.63. The maximum atomic E-state index is 5.33. The lowest BCUT2D eigenvalue weighted by molar-refractivity contribution is 0.495. The van der Waals surface area contributed by atoms with E-state index in [4.69, 9.17) is 4.42 Å². The van der Waals surface area contributed by atoms with E-state index in [0.29, 0.717) is 12.0 Å². The average molecular weight is 274 g/mol. The van der Waals surface area contributed by atoms with Crippen molar-refractivity contribution in [1.29, 1.82) is 0 Å². The van der Waals surface area contributed by atoms with E-state index in [1.165, 1.54) is 0 Å². The second-order valence-electron chi connectivity index (χ2n) is 4.86.